The summed E-state index contributed by atoms with van der Waals surface area (Å²) in [6, 6.07) is 17.3. The predicted molar refractivity (Wildman–Crippen MR) is 104 cm³/mol. The highest BCUT2D eigenvalue weighted by Gasteiger charge is 2.19. The molecule has 0 saturated heterocycles. The number of amides is 1. The third-order valence-corrected chi connectivity index (χ3v) is 4.12. The van der Waals surface area contributed by atoms with E-state index in [1.807, 2.05) is 30.3 Å². The first-order valence-corrected chi connectivity index (χ1v) is 9.03. The minimum atomic E-state index is -0.687. The molecular formula is C22H23NO5. The fourth-order valence-corrected chi connectivity index (χ4v) is 2.58. The van der Waals surface area contributed by atoms with Crippen LogP contribution in [-0.4, -0.2) is 36.1 Å². The minimum Gasteiger partial charge on any atom is -0.456 e. The summed E-state index contributed by atoms with van der Waals surface area (Å²) in [5, 5.41) is 2.58. The number of carbonyl (C=O) groups is 4. The highest BCUT2D eigenvalue weighted by atomic mass is 16.5. The van der Waals surface area contributed by atoms with Gasteiger partial charge < -0.3 is 10.1 Å². The Morgan fingerprint density at radius 3 is 2.11 bits per heavy atom. The van der Waals surface area contributed by atoms with Crippen molar-refractivity contribution in [3.05, 3.63) is 71.8 Å². The average Bonchev–Trinajstić information content (AvgIpc) is 2.71. The molecule has 146 valence electrons. The molecule has 1 atom stereocenters. The van der Waals surface area contributed by atoms with Gasteiger partial charge in [0.2, 0.25) is 0 Å². The number of ether oxygens (including phenoxy) is 1. The molecule has 6 heteroatoms. The van der Waals surface area contributed by atoms with E-state index < -0.39 is 24.5 Å². The highest BCUT2D eigenvalue weighted by molar-refractivity contribution is 5.97. The van der Waals surface area contributed by atoms with Crippen molar-refractivity contribution in [3.63, 3.8) is 0 Å². The van der Waals surface area contributed by atoms with Gasteiger partial charge in [-0.15, -0.1) is 0 Å². The summed E-state index contributed by atoms with van der Waals surface area (Å²) in [6.07, 6.45) is 0.261. The Morgan fingerprint density at radius 1 is 0.893 bits per heavy atom. The standard InChI is InChI=1S/C22H23NO5/c1-16(24)19(14-17-8-4-2-5-9-17)23-21(26)15-28-22(27)13-12-20(25)18-10-6-3-7-11-18/h2-11,19H,12-15H2,1H3,(H,23,26)/t19-/m0/s1. The monoisotopic (exact) mass is 381 g/mol. The molecule has 0 aliphatic rings. The Labute approximate surface area is 163 Å². The number of esters is 1. The van der Waals surface area contributed by atoms with Crippen LogP contribution in [0.25, 0.3) is 0 Å². The van der Waals surface area contributed by atoms with Gasteiger partial charge in [0.25, 0.3) is 5.91 Å². The van der Waals surface area contributed by atoms with Gasteiger partial charge in [-0.2, -0.15) is 0 Å². The van der Waals surface area contributed by atoms with Crippen LogP contribution >= 0.6 is 0 Å². The number of hydrogen-bond donors (Lipinski definition) is 1. The van der Waals surface area contributed by atoms with Gasteiger partial charge >= 0.3 is 5.97 Å². The molecule has 0 aliphatic carbocycles. The van der Waals surface area contributed by atoms with Crippen molar-refractivity contribution in [2.45, 2.75) is 32.2 Å². The highest BCUT2D eigenvalue weighted by Crippen LogP contribution is 2.06. The van der Waals surface area contributed by atoms with Crippen LogP contribution in [0, 0.1) is 0 Å². The van der Waals surface area contributed by atoms with Gasteiger partial charge in [-0.3, -0.25) is 19.2 Å². The minimum absolute atomic E-state index is 0.00848. The van der Waals surface area contributed by atoms with Crippen LogP contribution in [-0.2, 0) is 25.5 Å². The third kappa shape index (κ3) is 7.15. The first-order valence-electron chi connectivity index (χ1n) is 9.03. The molecule has 0 saturated carbocycles. The number of nitrogens with one attached hydrogen (secondary N) is 1. The molecule has 0 aromatic heterocycles. The molecule has 0 unspecified atom stereocenters. The van der Waals surface area contributed by atoms with Gasteiger partial charge in [-0.05, 0) is 18.9 Å². The van der Waals surface area contributed by atoms with E-state index in [-0.39, 0.29) is 24.4 Å². The molecule has 0 radical (unpaired) electrons. The molecule has 2 aromatic carbocycles. The maximum atomic E-state index is 12.0. The van der Waals surface area contributed by atoms with Gasteiger partial charge in [0.1, 0.15) is 0 Å². The van der Waals surface area contributed by atoms with E-state index in [1.54, 1.807) is 30.3 Å². The summed E-state index contributed by atoms with van der Waals surface area (Å²) in [6.45, 7) is 0.909. The van der Waals surface area contributed by atoms with Crippen molar-refractivity contribution >= 4 is 23.4 Å². The Balaban J connectivity index is 1.74. The van der Waals surface area contributed by atoms with Gasteiger partial charge in [0.05, 0.1) is 12.5 Å². The van der Waals surface area contributed by atoms with E-state index in [4.69, 9.17) is 4.74 Å². The topological polar surface area (TPSA) is 89.5 Å². The number of benzene rings is 2. The largest absolute Gasteiger partial charge is 0.456 e. The number of ketones is 2. The Kier molecular flexibility index (Phi) is 8.09. The lowest BCUT2D eigenvalue weighted by atomic mass is 10.0. The van der Waals surface area contributed by atoms with E-state index in [9.17, 15) is 19.2 Å². The van der Waals surface area contributed by atoms with Crippen molar-refractivity contribution in [2.75, 3.05) is 6.61 Å². The van der Waals surface area contributed by atoms with Gasteiger partial charge in [-0.1, -0.05) is 60.7 Å². The molecule has 1 N–H and O–H groups in total. The van der Waals surface area contributed by atoms with Crippen molar-refractivity contribution in [1.29, 1.82) is 0 Å². The summed E-state index contributed by atoms with van der Waals surface area (Å²) >= 11 is 0. The normalized spacial score (nSPS) is 11.3. The van der Waals surface area contributed by atoms with Crippen molar-refractivity contribution in [3.8, 4) is 0 Å². The number of rotatable bonds is 10. The van der Waals surface area contributed by atoms with E-state index in [1.165, 1.54) is 6.92 Å². The van der Waals surface area contributed by atoms with Crippen LogP contribution in [0.15, 0.2) is 60.7 Å². The van der Waals surface area contributed by atoms with E-state index >= 15 is 0 Å². The van der Waals surface area contributed by atoms with Crippen molar-refractivity contribution in [2.24, 2.45) is 0 Å². The van der Waals surface area contributed by atoms with Crippen LogP contribution < -0.4 is 5.32 Å². The molecule has 0 bridgehead atoms. The summed E-state index contributed by atoms with van der Waals surface area (Å²) < 4.78 is 4.91. The van der Waals surface area contributed by atoms with Crippen LogP contribution in [0.3, 0.4) is 0 Å². The van der Waals surface area contributed by atoms with Crippen LogP contribution in [0.2, 0.25) is 0 Å². The van der Waals surface area contributed by atoms with Gasteiger partial charge in [0.15, 0.2) is 18.2 Å². The smallest absolute Gasteiger partial charge is 0.306 e. The summed E-state index contributed by atoms with van der Waals surface area (Å²) in [4.78, 5) is 47.5. The van der Waals surface area contributed by atoms with Crippen molar-refractivity contribution < 1.29 is 23.9 Å². The number of Topliss-reactive ketones (excluding diaryl/α,β-unsaturated/α-hetero) is 2. The first-order chi connectivity index (χ1) is 13.5. The lowest BCUT2D eigenvalue weighted by Gasteiger charge is -2.16. The van der Waals surface area contributed by atoms with Crippen LogP contribution in [0.1, 0.15) is 35.7 Å². The molecule has 0 spiro atoms. The zero-order chi connectivity index (χ0) is 20.4. The quantitative estimate of drug-likeness (QED) is 0.505. The van der Waals surface area contributed by atoms with Crippen molar-refractivity contribution in [1.82, 2.24) is 5.32 Å². The lowest BCUT2D eigenvalue weighted by Crippen LogP contribution is -2.43. The fourth-order valence-electron chi connectivity index (χ4n) is 2.58. The molecule has 0 heterocycles. The van der Waals surface area contributed by atoms with Gasteiger partial charge in [0, 0.05) is 12.0 Å². The van der Waals surface area contributed by atoms with E-state index in [0.29, 0.717) is 12.0 Å². The summed E-state index contributed by atoms with van der Waals surface area (Å²) in [5.74, 6) is -1.54. The molecule has 28 heavy (non-hydrogen) atoms. The van der Waals surface area contributed by atoms with E-state index in [2.05, 4.69) is 5.32 Å². The molecule has 1 amide bonds. The van der Waals surface area contributed by atoms with E-state index in [0.717, 1.165) is 5.56 Å². The third-order valence-electron chi connectivity index (χ3n) is 4.12. The second kappa shape index (κ2) is 10.8. The molecule has 0 aliphatic heterocycles. The second-order valence-corrected chi connectivity index (χ2v) is 6.37. The Morgan fingerprint density at radius 2 is 1.50 bits per heavy atom. The van der Waals surface area contributed by atoms with Crippen LogP contribution in [0.4, 0.5) is 0 Å². The first kappa shape index (κ1) is 21.0. The summed E-state index contributed by atoms with van der Waals surface area (Å²) in [7, 11) is 0. The maximum absolute atomic E-state index is 12.0. The fraction of sp³-hybridized carbons (Fsp3) is 0.273. The zero-order valence-electron chi connectivity index (χ0n) is 15.7. The molecule has 6 nitrogen and oxygen atoms in total. The predicted octanol–water partition coefficient (Wildman–Crippen LogP) is 2.51. The number of carbonyl (C=O) groups excluding carboxylic acids is 4. The molecule has 2 aromatic rings. The maximum Gasteiger partial charge on any atom is 0.306 e. The Bertz CT molecular complexity index is 817. The summed E-state index contributed by atoms with van der Waals surface area (Å²) in [5.41, 5.74) is 1.44. The molecule has 2 rings (SSSR count). The lowest BCUT2D eigenvalue weighted by molar-refractivity contribution is -0.148. The SMILES string of the molecule is CC(=O)[C@H](Cc1ccccc1)NC(=O)COC(=O)CCC(=O)c1ccccc1. The average molecular weight is 381 g/mol. The molecular weight excluding hydrogens is 358 g/mol. The Hall–Kier alpha value is -3.28. The second-order valence-electron chi connectivity index (χ2n) is 6.37. The van der Waals surface area contributed by atoms with Gasteiger partial charge in [-0.25, -0.2) is 0 Å². The zero-order valence-corrected chi connectivity index (χ0v) is 15.7. The number of hydrogen-bond acceptors (Lipinski definition) is 5. The molecule has 0 fully saturated rings. The van der Waals surface area contributed by atoms with Crippen LogP contribution in [0.5, 0.6) is 0 Å².